The fourth-order valence-corrected chi connectivity index (χ4v) is 1.64. The Balaban J connectivity index is 2.95. The number of benzene rings is 1. The standard InChI is InChI=1S/C14H19FO4/c1-4-12(14(17)18-5-2)19-13-8-10(15)6-7-11(13)9(3)16/h6-9,12,16H,4-5H2,1-3H3/t9-,12?/m0/s1. The summed E-state index contributed by atoms with van der Waals surface area (Å²) in [5, 5.41) is 9.60. The molecule has 106 valence electrons. The van der Waals surface area contributed by atoms with E-state index in [9.17, 15) is 14.3 Å². The minimum Gasteiger partial charge on any atom is -0.478 e. The molecule has 0 aromatic heterocycles. The summed E-state index contributed by atoms with van der Waals surface area (Å²) in [7, 11) is 0. The molecule has 0 spiro atoms. The van der Waals surface area contributed by atoms with Crippen LogP contribution in [0.1, 0.15) is 38.9 Å². The second-order valence-electron chi connectivity index (χ2n) is 4.12. The van der Waals surface area contributed by atoms with E-state index in [4.69, 9.17) is 9.47 Å². The van der Waals surface area contributed by atoms with Crippen molar-refractivity contribution in [3.8, 4) is 5.75 Å². The number of ether oxygens (including phenoxy) is 2. The Hall–Kier alpha value is -1.62. The van der Waals surface area contributed by atoms with E-state index in [2.05, 4.69) is 0 Å². The maximum Gasteiger partial charge on any atom is 0.347 e. The van der Waals surface area contributed by atoms with Crippen molar-refractivity contribution < 1.29 is 23.8 Å². The zero-order chi connectivity index (χ0) is 14.4. The Morgan fingerprint density at radius 2 is 2.11 bits per heavy atom. The van der Waals surface area contributed by atoms with Crippen LogP contribution in [0.4, 0.5) is 4.39 Å². The fraction of sp³-hybridized carbons (Fsp3) is 0.500. The van der Waals surface area contributed by atoms with Gasteiger partial charge >= 0.3 is 5.97 Å². The number of aliphatic hydroxyl groups excluding tert-OH is 1. The van der Waals surface area contributed by atoms with E-state index in [0.717, 1.165) is 6.07 Å². The lowest BCUT2D eigenvalue weighted by Crippen LogP contribution is -2.29. The molecular weight excluding hydrogens is 251 g/mol. The van der Waals surface area contributed by atoms with Crippen molar-refractivity contribution in [3.05, 3.63) is 29.6 Å². The SMILES string of the molecule is CCOC(=O)C(CC)Oc1cc(F)ccc1[C@H](C)O. The van der Waals surface area contributed by atoms with Crippen LogP contribution in [0.3, 0.4) is 0 Å². The quantitative estimate of drug-likeness (QED) is 0.807. The summed E-state index contributed by atoms with van der Waals surface area (Å²) in [6, 6.07) is 3.83. The highest BCUT2D eigenvalue weighted by Gasteiger charge is 2.22. The maximum absolute atomic E-state index is 13.2. The summed E-state index contributed by atoms with van der Waals surface area (Å²) in [6.07, 6.45) is -1.22. The van der Waals surface area contributed by atoms with Crippen LogP contribution in [0.25, 0.3) is 0 Å². The molecule has 2 atom stereocenters. The van der Waals surface area contributed by atoms with Gasteiger partial charge in [0.05, 0.1) is 12.7 Å². The monoisotopic (exact) mass is 270 g/mol. The molecule has 0 heterocycles. The molecule has 19 heavy (non-hydrogen) atoms. The van der Waals surface area contributed by atoms with Crippen LogP contribution >= 0.6 is 0 Å². The zero-order valence-corrected chi connectivity index (χ0v) is 11.4. The van der Waals surface area contributed by atoms with Gasteiger partial charge in [-0.05, 0) is 32.4 Å². The molecule has 0 aliphatic carbocycles. The summed E-state index contributed by atoms with van der Waals surface area (Å²) < 4.78 is 23.6. The predicted octanol–water partition coefficient (Wildman–Crippen LogP) is 2.60. The van der Waals surface area contributed by atoms with Crippen LogP contribution in [0.15, 0.2) is 18.2 Å². The number of carbonyl (C=O) groups is 1. The molecule has 0 amide bonds. The van der Waals surface area contributed by atoms with E-state index in [1.807, 2.05) is 0 Å². The topological polar surface area (TPSA) is 55.8 Å². The molecule has 1 unspecified atom stereocenters. The lowest BCUT2D eigenvalue weighted by Gasteiger charge is -2.19. The van der Waals surface area contributed by atoms with Crippen molar-refractivity contribution in [1.82, 2.24) is 0 Å². The highest BCUT2D eigenvalue weighted by Crippen LogP contribution is 2.27. The van der Waals surface area contributed by atoms with Gasteiger partial charge in [0.25, 0.3) is 0 Å². The van der Waals surface area contributed by atoms with Gasteiger partial charge in [-0.25, -0.2) is 9.18 Å². The summed E-state index contributed by atoms with van der Waals surface area (Å²) in [5.41, 5.74) is 0.434. The summed E-state index contributed by atoms with van der Waals surface area (Å²) >= 11 is 0. The van der Waals surface area contributed by atoms with Gasteiger partial charge in [-0.1, -0.05) is 6.92 Å². The van der Waals surface area contributed by atoms with Crippen molar-refractivity contribution in [1.29, 1.82) is 0 Å². The highest BCUT2D eigenvalue weighted by atomic mass is 19.1. The van der Waals surface area contributed by atoms with Crippen molar-refractivity contribution in [2.75, 3.05) is 6.61 Å². The molecule has 0 fully saturated rings. The van der Waals surface area contributed by atoms with Gasteiger partial charge in [-0.3, -0.25) is 0 Å². The van der Waals surface area contributed by atoms with Gasteiger partial charge < -0.3 is 14.6 Å². The number of rotatable bonds is 6. The van der Waals surface area contributed by atoms with E-state index < -0.39 is 24.0 Å². The second-order valence-corrected chi connectivity index (χ2v) is 4.12. The molecule has 5 heteroatoms. The summed E-state index contributed by atoms with van der Waals surface area (Å²) in [4.78, 5) is 11.6. The highest BCUT2D eigenvalue weighted by molar-refractivity contribution is 5.75. The van der Waals surface area contributed by atoms with Crippen LogP contribution in [0.2, 0.25) is 0 Å². The molecule has 1 aromatic rings. The number of esters is 1. The van der Waals surface area contributed by atoms with Gasteiger partial charge in [0.2, 0.25) is 0 Å². The zero-order valence-electron chi connectivity index (χ0n) is 11.4. The van der Waals surface area contributed by atoms with Crippen LogP contribution in [0, 0.1) is 5.82 Å². The first-order valence-corrected chi connectivity index (χ1v) is 6.30. The number of carbonyl (C=O) groups excluding carboxylic acids is 1. The lowest BCUT2D eigenvalue weighted by molar-refractivity contribution is -0.151. The van der Waals surface area contributed by atoms with Gasteiger partial charge in [0.1, 0.15) is 11.6 Å². The largest absolute Gasteiger partial charge is 0.478 e. The molecular formula is C14H19FO4. The number of halogens is 1. The maximum atomic E-state index is 13.2. The van der Waals surface area contributed by atoms with Crippen LogP contribution < -0.4 is 4.74 Å². The van der Waals surface area contributed by atoms with Crippen LogP contribution in [-0.2, 0) is 9.53 Å². The Kier molecular flexibility index (Phi) is 5.76. The fourth-order valence-electron chi connectivity index (χ4n) is 1.64. The van der Waals surface area contributed by atoms with E-state index in [1.165, 1.54) is 12.1 Å². The van der Waals surface area contributed by atoms with Crippen molar-refractivity contribution in [3.63, 3.8) is 0 Å². The van der Waals surface area contributed by atoms with E-state index in [1.54, 1.807) is 20.8 Å². The number of hydrogen-bond acceptors (Lipinski definition) is 4. The molecule has 0 aliphatic heterocycles. The Morgan fingerprint density at radius 1 is 1.42 bits per heavy atom. The molecule has 0 bridgehead atoms. The minimum atomic E-state index is -0.810. The predicted molar refractivity (Wildman–Crippen MR) is 68.4 cm³/mol. The van der Waals surface area contributed by atoms with Gasteiger partial charge in [0, 0.05) is 11.6 Å². The molecule has 0 aliphatic rings. The first-order chi connectivity index (χ1) is 8.99. The summed E-state index contributed by atoms with van der Waals surface area (Å²) in [6.45, 7) is 5.27. The Labute approximate surface area is 112 Å². The average Bonchev–Trinajstić information content (AvgIpc) is 2.35. The third-order valence-corrected chi connectivity index (χ3v) is 2.62. The first-order valence-electron chi connectivity index (χ1n) is 6.30. The number of hydrogen-bond donors (Lipinski definition) is 1. The molecule has 0 saturated carbocycles. The molecule has 0 radical (unpaired) electrons. The third-order valence-electron chi connectivity index (χ3n) is 2.62. The van der Waals surface area contributed by atoms with E-state index in [0.29, 0.717) is 12.0 Å². The van der Waals surface area contributed by atoms with Gasteiger partial charge in [-0.2, -0.15) is 0 Å². The van der Waals surface area contributed by atoms with Crippen LogP contribution in [0.5, 0.6) is 5.75 Å². The molecule has 1 N–H and O–H groups in total. The van der Waals surface area contributed by atoms with E-state index in [-0.39, 0.29) is 12.4 Å². The minimum absolute atomic E-state index is 0.162. The average molecular weight is 270 g/mol. The van der Waals surface area contributed by atoms with Crippen molar-refractivity contribution in [2.24, 2.45) is 0 Å². The lowest BCUT2D eigenvalue weighted by atomic mass is 10.1. The second kappa shape index (κ2) is 7.09. The Morgan fingerprint density at radius 3 is 2.63 bits per heavy atom. The third kappa shape index (κ3) is 4.21. The van der Waals surface area contributed by atoms with Gasteiger partial charge in [0.15, 0.2) is 6.10 Å². The van der Waals surface area contributed by atoms with Crippen molar-refractivity contribution >= 4 is 5.97 Å². The normalized spacial score (nSPS) is 13.7. The Bertz CT molecular complexity index is 431. The smallest absolute Gasteiger partial charge is 0.347 e. The van der Waals surface area contributed by atoms with Crippen molar-refractivity contribution in [2.45, 2.75) is 39.4 Å². The molecule has 0 saturated heterocycles. The van der Waals surface area contributed by atoms with Crippen LogP contribution in [-0.4, -0.2) is 23.8 Å². The molecule has 1 aromatic carbocycles. The molecule has 1 rings (SSSR count). The summed E-state index contributed by atoms with van der Waals surface area (Å²) in [5.74, 6) is -0.821. The van der Waals surface area contributed by atoms with Gasteiger partial charge in [-0.15, -0.1) is 0 Å². The van der Waals surface area contributed by atoms with E-state index >= 15 is 0 Å². The first kappa shape index (κ1) is 15.4. The molecule has 4 nitrogen and oxygen atoms in total. The number of aliphatic hydroxyl groups is 1.